The molecule has 0 aliphatic rings. The lowest BCUT2D eigenvalue weighted by molar-refractivity contribution is 0.555. The topological polar surface area (TPSA) is 46.0 Å². The van der Waals surface area contributed by atoms with Crippen LogP contribution in [0.15, 0.2) is 25.8 Å². The molecule has 0 atom stereocenters. The summed E-state index contributed by atoms with van der Waals surface area (Å²) in [5.74, 6) is -0.495. The minimum Gasteiger partial charge on any atom is -0.408 e. The average Bonchev–Trinajstić information content (AvgIpc) is 2.29. The lowest BCUT2D eigenvalue weighted by atomic mass is 10.3. The summed E-state index contributed by atoms with van der Waals surface area (Å²) in [5, 5.41) is 0.463. The molecule has 0 saturated carbocycles. The fourth-order valence-corrected chi connectivity index (χ4v) is 1.81. The van der Waals surface area contributed by atoms with Crippen molar-refractivity contribution in [3.8, 4) is 0 Å². The van der Waals surface area contributed by atoms with E-state index in [1.807, 2.05) is 0 Å². The first-order valence-electron chi connectivity index (χ1n) is 3.15. The molecular formula is C7H3BrClNO2. The van der Waals surface area contributed by atoms with E-state index in [9.17, 15) is 4.79 Å². The molecule has 2 aromatic rings. The maximum Gasteiger partial charge on any atom is 0.417 e. The second-order valence-electron chi connectivity index (χ2n) is 2.28. The van der Waals surface area contributed by atoms with Gasteiger partial charge in [0.2, 0.25) is 0 Å². The summed E-state index contributed by atoms with van der Waals surface area (Å²) in [7, 11) is 0. The Hall–Kier alpha value is -0.740. The highest BCUT2D eigenvalue weighted by molar-refractivity contribution is 9.10. The summed E-state index contributed by atoms with van der Waals surface area (Å²) in [6.45, 7) is 0. The smallest absolute Gasteiger partial charge is 0.408 e. The zero-order chi connectivity index (χ0) is 8.72. The van der Waals surface area contributed by atoms with Gasteiger partial charge in [-0.3, -0.25) is 4.98 Å². The number of rotatable bonds is 0. The SMILES string of the molecule is O=c1[nH]c2c(Cl)cc(Br)cc2o1. The molecule has 1 N–H and O–H groups in total. The van der Waals surface area contributed by atoms with Gasteiger partial charge >= 0.3 is 5.76 Å². The van der Waals surface area contributed by atoms with Gasteiger partial charge in [0, 0.05) is 4.47 Å². The minimum absolute atomic E-state index is 0.458. The van der Waals surface area contributed by atoms with Crippen LogP contribution in [0, 0.1) is 0 Å². The van der Waals surface area contributed by atoms with Crippen molar-refractivity contribution in [3.05, 3.63) is 32.2 Å². The summed E-state index contributed by atoms with van der Waals surface area (Å²) in [4.78, 5) is 13.2. The molecule has 0 saturated heterocycles. The summed E-state index contributed by atoms with van der Waals surface area (Å²) in [6.07, 6.45) is 0. The van der Waals surface area contributed by atoms with Crippen LogP contribution < -0.4 is 5.76 Å². The van der Waals surface area contributed by atoms with E-state index in [2.05, 4.69) is 20.9 Å². The molecule has 5 heteroatoms. The third-order valence-corrected chi connectivity index (χ3v) is 2.20. The fraction of sp³-hybridized carbons (Fsp3) is 0. The number of oxazole rings is 1. The number of aromatic amines is 1. The number of nitrogens with one attached hydrogen (secondary N) is 1. The van der Waals surface area contributed by atoms with Crippen molar-refractivity contribution in [2.45, 2.75) is 0 Å². The Bertz CT molecular complexity index is 488. The summed E-state index contributed by atoms with van der Waals surface area (Å²) >= 11 is 9.05. The zero-order valence-electron chi connectivity index (χ0n) is 5.73. The first-order valence-corrected chi connectivity index (χ1v) is 4.32. The van der Waals surface area contributed by atoms with Crippen LogP contribution in [-0.2, 0) is 0 Å². The van der Waals surface area contributed by atoms with Gasteiger partial charge in [-0.05, 0) is 12.1 Å². The molecule has 0 unspecified atom stereocenters. The fourth-order valence-electron chi connectivity index (χ4n) is 0.979. The van der Waals surface area contributed by atoms with Crippen LogP contribution in [0.3, 0.4) is 0 Å². The Balaban J connectivity index is 2.97. The van der Waals surface area contributed by atoms with Crippen LogP contribution >= 0.6 is 27.5 Å². The van der Waals surface area contributed by atoms with Crippen molar-refractivity contribution < 1.29 is 4.42 Å². The van der Waals surface area contributed by atoms with Gasteiger partial charge in [0.1, 0.15) is 5.52 Å². The van der Waals surface area contributed by atoms with Crippen molar-refractivity contribution in [2.24, 2.45) is 0 Å². The Morgan fingerprint density at radius 1 is 1.50 bits per heavy atom. The van der Waals surface area contributed by atoms with Crippen LogP contribution in [0.1, 0.15) is 0 Å². The predicted molar refractivity (Wildman–Crippen MR) is 49.5 cm³/mol. The van der Waals surface area contributed by atoms with E-state index >= 15 is 0 Å². The molecular weight excluding hydrogens is 245 g/mol. The van der Waals surface area contributed by atoms with Gasteiger partial charge in [-0.2, -0.15) is 0 Å². The number of aromatic nitrogens is 1. The Kier molecular flexibility index (Phi) is 1.73. The molecule has 0 fully saturated rings. The van der Waals surface area contributed by atoms with Crippen molar-refractivity contribution >= 4 is 38.6 Å². The molecule has 1 aromatic heterocycles. The van der Waals surface area contributed by atoms with Crippen LogP contribution in [0.25, 0.3) is 11.1 Å². The lowest BCUT2D eigenvalue weighted by Crippen LogP contribution is -1.93. The molecule has 1 heterocycles. The van der Waals surface area contributed by atoms with E-state index in [0.717, 1.165) is 4.47 Å². The predicted octanol–water partition coefficient (Wildman–Crippen LogP) is 2.54. The average molecular weight is 248 g/mol. The van der Waals surface area contributed by atoms with Gasteiger partial charge in [-0.15, -0.1) is 0 Å². The van der Waals surface area contributed by atoms with E-state index in [0.29, 0.717) is 16.1 Å². The number of halogens is 2. The van der Waals surface area contributed by atoms with E-state index in [-0.39, 0.29) is 0 Å². The third-order valence-electron chi connectivity index (χ3n) is 1.45. The highest BCUT2D eigenvalue weighted by Gasteiger charge is 2.05. The zero-order valence-corrected chi connectivity index (χ0v) is 8.07. The number of fused-ring (bicyclic) bond motifs is 1. The van der Waals surface area contributed by atoms with E-state index < -0.39 is 5.76 Å². The number of hydrogen-bond donors (Lipinski definition) is 1. The standard InChI is InChI=1S/C7H3BrClNO2/c8-3-1-4(9)6-5(2-3)12-7(11)10-6/h1-2H,(H,10,11). The van der Waals surface area contributed by atoms with Gasteiger partial charge in [0.05, 0.1) is 5.02 Å². The molecule has 0 radical (unpaired) electrons. The maximum atomic E-state index is 10.8. The number of H-pyrrole nitrogens is 1. The van der Waals surface area contributed by atoms with E-state index in [1.165, 1.54) is 0 Å². The van der Waals surface area contributed by atoms with Crippen LogP contribution in [-0.4, -0.2) is 4.98 Å². The van der Waals surface area contributed by atoms with Crippen molar-refractivity contribution in [1.29, 1.82) is 0 Å². The van der Waals surface area contributed by atoms with E-state index in [1.54, 1.807) is 12.1 Å². The second kappa shape index (κ2) is 2.64. The molecule has 0 amide bonds. The monoisotopic (exact) mass is 247 g/mol. The molecule has 3 nitrogen and oxygen atoms in total. The molecule has 0 aliphatic carbocycles. The van der Waals surface area contributed by atoms with Crippen molar-refractivity contribution in [2.75, 3.05) is 0 Å². The summed E-state index contributed by atoms with van der Waals surface area (Å²) in [5.41, 5.74) is 0.990. The molecule has 12 heavy (non-hydrogen) atoms. The molecule has 1 aromatic carbocycles. The summed E-state index contributed by atoms with van der Waals surface area (Å²) in [6, 6.07) is 3.37. The van der Waals surface area contributed by atoms with Gasteiger partial charge in [0.25, 0.3) is 0 Å². The van der Waals surface area contributed by atoms with Crippen LogP contribution in [0.2, 0.25) is 5.02 Å². The normalized spacial score (nSPS) is 10.8. The molecule has 62 valence electrons. The van der Waals surface area contributed by atoms with Gasteiger partial charge in [-0.1, -0.05) is 27.5 Å². The van der Waals surface area contributed by atoms with Crippen molar-refractivity contribution in [3.63, 3.8) is 0 Å². The van der Waals surface area contributed by atoms with Gasteiger partial charge in [0.15, 0.2) is 5.58 Å². The van der Waals surface area contributed by atoms with Crippen LogP contribution in [0.4, 0.5) is 0 Å². The maximum absolute atomic E-state index is 10.8. The quantitative estimate of drug-likeness (QED) is 0.779. The van der Waals surface area contributed by atoms with Crippen molar-refractivity contribution in [1.82, 2.24) is 4.98 Å². The largest absolute Gasteiger partial charge is 0.417 e. The molecule has 0 spiro atoms. The number of benzene rings is 1. The Morgan fingerprint density at radius 3 is 3.00 bits per heavy atom. The third kappa shape index (κ3) is 1.17. The second-order valence-corrected chi connectivity index (χ2v) is 3.60. The van der Waals surface area contributed by atoms with Crippen LogP contribution in [0.5, 0.6) is 0 Å². The first kappa shape index (κ1) is 7.89. The molecule has 0 bridgehead atoms. The summed E-state index contributed by atoms with van der Waals surface area (Å²) < 4.78 is 5.58. The van der Waals surface area contributed by atoms with E-state index in [4.69, 9.17) is 16.0 Å². The Labute approximate surface area is 80.5 Å². The van der Waals surface area contributed by atoms with Gasteiger partial charge < -0.3 is 4.42 Å². The highest BCUT2D eigenvalue weighted by atomic mass is 79.9. The molecule has 0 aliphatic heterocycles. The van der Waals surface area contributed by atoms with Gasteiger partial charge in [-0.25, -0.2) is 4.79 Å². The first-order chi connectivity index (χ1) is 5.66. The Morgan fingerprint density at radius 2 is 2.25 bits per heavy atom. The highest BCUT2D eigenvalue weighted by Crippen LogP contribution is 2.25. The molecule has 2 rings (SSSR count). The lowest BCUT2D eigenvalue weighted by Gasteiger charge is -1.91. The number of hydrogen-bond acceptors (Lipinski definition) is 2. The minimum atomic E-state index is -0.495.